The first-order chi connectivity index (χ1) is 4.33. The Kier molecular flexibility index (Phi) is 2.05. The van der Waals surface area contributed by atoms with E-state index in [4.69, 9.17) is 0 Å². The van der Waals surface area contributed by atoms with Crippen molar-refractivity contribution in [2.75, 3.05) is 0 Å². The molecule has 1 heterocycles. The summed E-state index contributed by atoms with van der Waals surface area (Å²) in [5.74, 6) is 0. The fraction of sp³-hybridized carbons (Fsp3) is 1.00. The van der Waals surface area contributed by atoms with Gasteiger partial charge in [-0.3, -0.25) is 0 Å². The number of rotatable bonds is 0. The van der Waals surface area contributed by atoms with Crippen LogP contribution in [0, 0.1) is 0 Å². The van der Waals surface area contributed by atoms with Gasteiger partial charge < -0.3 is 5.32 Å². The zero-order chi connectivity index (χ0) is 7.99. The van der Waals surface area contributed by atoms with E-state index in [1.54, 1.807) is 0 Å². The minimum Gasteiger partial charge on any atom is -0.306 e. The largest absolute Gasteiger partial charge is 0.306 e. The summed E-state index contributed by atoms with van der Waals surface area (Å²) in [5.41, 5.74) is 0.666. The predicted molar refractivity (Wildman–Crippen MR) is 53.7 cm³/mol. The van der Waals surface area contributed by atoms with Gasteiger partial charge in [-0.1, -0.05) is 22.6 Å². The van der Waals surface area contributed by atoms with Crippen molar-refractivity contribution >= 4 is 22.6 Å². The van der Waals surface area contributed by atoms with Crippen molar-refractivity contribution in [3.05, 3.63) is 0 Å². The molecule has 1 nitrogen and oxygen atoms in total. The summed E-state index contributed by atoms with van der Waals surface area (Å²) in [6, 6.07) is 0. The molecular weight excluding hydrogens is 237 g/mol. The summed E-state index contributed by atoms with van der Waals surface area (Å²) in [6.45, 7) is 9.10. The maximum absolute atomic E-state index is 3.61. The molecule has 0 saturated carbocycles. The molecule has 0 amide bonds. The highest BCUT2D eigenvalue weighted by molar-refractivity contribution is 14.1. The molecule has 1 saturated heterocycles. The van der Waals surface area contributed by atoms with Crippen molar-refractivity contribution in [2.24, 2.45) is 0 Å². The van der Waals surface area contributed by atoms with E-state index in [0.717, 1.165) is 3.92 Å². The van der Waals surface area contributed by atoms with Crippen LogP contribution in [0.5, 0.6) is 0 Å². The van der Waals surface area contributed by atoms with Gasteiger partial charge in [-0.15, -0.1) is 0 Å². The Labute approximate surface area is 77.1 Å². The lowest BCUT2D eigenvalue weighted by atomic mass is 10.0. The smallest absolute Gasteiger partial charge is 0.0304 e. The highest BCUT2D eigenvalue weighted by atomic mass is 127. The molecule has 0 bridgehead atoms. The van der Waals surface area contributed by atoms with Crippen LogP contribution in [0.4, 0.5) is 0 Å². The van der Waals surface area contributed by atoms with E-state index in [9.17, 15) is 0 Å². The molecule has 1 aliphatic rings. The quantitative estimate of drug-likeness (QED) is 0.516. The SMILES string of the molecule is CC1(C)CC(I)C(C)(C)N1. The minimum atomic E-state index is 0.323. The van der Waals surface area contributed by atoms with E-state index in [-0.39, 0.29) is 0 Å². The molecular formula is C8H16IN. The third-order valence-corrected chi connectivity index (χ3v) is 4.13. The van der Waals surface area contributed by atoms with Crippen molar-refractivity contribution in [2.45, 2.75) is 49.1 Å². The normalized spacial score (nSPS) is 36.3. The first-order valence-corrected chi connectivity index (χ1v) is 5.01. The number of nitrogens with one attached hydrogen (secondary N) is 1. The van der Waals surface area contributed by atoms with Crippen LogP contribution >= 0.6 is 22.6 Å². The van der Waals surface area contributed by atoms with Gasteiger partial charge >= 0.3 is 0 Å². The zero-order valence-electron chi connectivity index (χ0n) is 7.16. The van der Waals surface area contributed by atoms with Gasteiger partial charge in [0.2, 0.25) is 0 Å². The summed E-state index contributed by atoms with van der Waals surface area (Å²) in [4.78, 5) is 0. The maximum atomic E-state index is 3.61. The van der Waals surface area contributed by atoms with Crippen LogP contribution in [0.1, 0.15) is 34.1 Å². The molecule has 0 aliphatic carbocycles. The molecule has 0 radical (unpaired) electrons. The number of hydrogen-bond donors (Lipinski definition) is 1. The molecule has 60 valence electrons. The molecule has 1 N–H and O–H groups in total. The molecule has 1 rings (SSSR count). The van der Waals surface area contributed by atoms with E-state index in [0.29, 0.717) is 11.1 Å². The summed E-state index contributed by atoms with van der Waals surface area (Å²) in [6.07, 6.45) is 1.28. The lowest BCUT2D eigenvalue weighted by molar-refractivity contribution is 0.372. The average Bonchev–Trinajstić information content (AvgIpc) is 1.73. The van der Waals surface area contributed by atoms with E-state index >= 15 is 0 Å². The van der Waals surface area contributed by atoms with Crippen molar-refractivity contribution in [1.82, 2.24) is 5.32 Å². The number of alkyl halides is 1. The second-order valence-electron chi connectivity index (χ2n) is 4.40. The lowest BCUT2D eigenvalue weighted by Crippen LogP contribution is -2.45. The second kappa shape index (κ2) is 2.34. The van der Waals surface area contributed by atoms with E-state index in [1.165, 1.54) is 6.42 Å². The average molecular weight is 253 g/mol. The van der Waals surface area contributed by atoms with E-state index in [1.807, 2.05) is 0 Å². The molecule has 1 atom stereocenters. The topological polar surface area (TPSA) is 12.0 Å². The molecule has 0 aromatic rings. The Morgan fingerprint density at radius 1 is 1.30 bits per heavy atom. The van der Waals surface area contributed by atoms with Gasteiger partial charge in [0.05, 0.1) is 0 Å². The Morgan fingerprint density at radius 3 is 1.90 bits per heavy atom. The molecule has 0 spiro atoms. The minimum absolute atomic E-state index is 0.323. The first-order valence-electron chi connectivity index (χ1n) is 3.77. The van der Waals surface area contributed by atoms with Crippen LogP contribution in [0.2, 0.25) is 0 Å². The molecule has 10 heavy (non-hydrogen) atoms. The van der Waals surface area contributed by atoms with Gasteiger partial charge in [0.1, 0.15) is 0 Å². The van der Waals surface area contributed by atoms with Crippen LogP contribution in [0.3, 0.4) is 0 Å². The fourth-order valence-electron chi connectivity index (χ4n) is 1.70. The molecule has 0 aromatic heterocycles. The molecule has 0 aromatic carbocycles. The molecule has 1 unspecified atom stereocenters. The summed E-state index contributed by atoms with van der Waals surface area (Å²) in [7, 11) is 0. The lowest BCUT2D eigenvalue weighted by Gasteiger charge is -2.25. The van der Waals surface area contributed by atoms with Crippen molar-refractivity contribution in [1.29, 1.82) is 0 Å². The third-order valence-electron chi connectivity index (χ3n) is 2.13. The van der Waals surface area contributed by atoms with Gasteiger partial charge in [-0.05, 0) is 34.1 Å². The van der Waals surface area contributed by atoms with Crippen molar-refractivity contribution in [3.63, 3.8) is 0 Å². The monoisotopic (exact) mass is 253 g/mol. The van der Waals surface area contributed by atoms with Crippen LogP contribution in [-0.2, 0) is 0 Å². The summed E-state index contributed by atoms with van der Waals surface area (Å²) in [5, 5.41) is 3.61. The standard InChI is InChI=1S/C8H16IN/c1-7(2)5-6(9)8(3,4)10-7/h6,10H,5H2,1-4H3. The van der Waals surface area contributed by atoms with E-state index in [2.05, 4.69) is 55.6 Å². The second-order valence-corrected chi connectivity index (χ2v) is 5.91. The number of hydrogen-bond acceptors (Lipinski definition) is 1. The van der Waals surface area contributed by atoms with Gasteiger partial charge in [0.25, 0.3) is 0 Å². The Bertz CT molecular complexity index is 140. The van der Waals surface area contributed by atoms with Gasteiger partial charge in [-0.25, -0.2) is 0 Å². The number of halogens is 1. The summed E-state index contributed by atoms with van der Waals surface area (Å²) < 4.78 is 0.764. The molecule has 1 fully saturated rings. The Morgan fingerprint density at radius 2 is 1.80 bits per heavy atom. The maximum Gasteiger partial charge on any atom is 0.0304 e. The van der Waals surface area contributed by atoms with Crippen LogP contribution in [0.15, 0.2) is 0 Å². The van der Waals surface area contributed by atoms with E-state index < -0.39 is 0 Å². The van der Waals surface area contributed by atoms with Crippen LogP contribution in [0.25, 0.3) is 0 Å². The summed E-state index contributed by atoms with van der Waals surface area (Å²) >= 11 is 2.54. The van der Waals surface area contributed by atoms with Gasteiger partial charge in [0, 0.05) is 15.0 Å². The van der Waals surface area contributed by atoms with Crippen LogP contribution < -0.4 is 5.32 Å². The molecule has 1 aliphatic heterocycles. The third kappa shape index (κ3) is 1.64. The predicted octanol–water partition coefficient (Wildman–Crippen LogP) is 2.34. The van der Waals surface area contributed by atoms with Crippen LogP contribution in [-0.4, -0.2) is 15.0 Å². The van der Waals surface area contributed by atoms with Crippen molar-refractivity contribution in [3.8, 4) is 0 Å². The zero-order valence-corrected chi connectivity index (χ0v) is 9.32. The van der Waals surface area contributed by atoms with Crippen molar-refractivity contribution < 1.29 is 0 Å². The highest BCUT2D eigenvalue weighted by Gasteiger charge is 2.42. The molecule has 2 heteroatoms. The van der Waals surface area contributed by atoms with Gasteiger partial charge in [0.15, 0.2) is 0 Å². The Balaban J connectivity index is 2.71. The first kappa shape index (κ1) is 8.78. The van der Waals surface area contributed by atoms with Gasteiger partial charge in [-0.2, -0.15) is 0 Å². The highest BCUT2D eigenvalue weighted by Crippen LogP contribution is 2.35. The fourth-order valence-corrected chi connectivity index (χ4v) is 2.96. The Hall–Kier alpha value is 0.690.